The van der Waals surface area contributed by atoms with Gasteiger partial charge in [-0.05, 0) is 25.0 Å². The molecule has 5 nitrogen and oxygen atoms in total. The molecule has 6 heteroatoms. The summed E-state index contributed by atoms with van der Waals surface area (Å²) in [5.41, 5.74) is 0.352. The van der Waals surface area contributed by atoms with Crippen LogP contribution in [-0.4, -0.2) is 31.3 Å². The first-order valence-corrected chi connectivity index (χ1v) is 7.88. The lowest BCUT2D eigenvalue weighted by atomic mass is 10.2. The van der Waals surface area contributed by atoms with Crippen LogP contribution in [0.2, 0.25) is 0 Å². The molecule has 0 saturated carbocycles. The first kappa shape index (κ1) is 15.5. The summed E-state index contributed by atoms with van der Waals surface area (Å²) >= 11 is 0. The number of sulfone groups is 1. The van der Waals surface area contributed by atoms with Crippen molar-refractivity contribution in [2.45, 2.75) is 37.6 Å². The van der Waals surface area contributed by atoms with Crippen molar-refractivity contribution in [2.24, 2.45) is 0 Å². The quantitative estimate of drug-likeness (QED) is 0.802. The molecule has 1 aromatic rings. The van der Waals surface area contributed by atoms with Crippen LogP contribution in [0.4, 0.5) is 5.69 Å². The number of para-hydroxylation sites is 1. The highest BCUT2D eigenvalue weighted by molar-refractivity contribution is 7.91. The molecule has 19 heavy (non-hydrogen) atoms. The summed E-state index contributed by atoms with van der Waals surface area (Å²) in [6.45, 7) is 3.52. The van der Waals surface area contributed by atoms with Crippen molar-refractivity contribution in [1.82, 2.24) is 0 Å². The highest BCUT2D eigenvalue weighted by atomic mass is 32.2. The van der Waals surface area contributed by atoms with E-state index in [0.29, 0.717) is 18.5 Å². The largest absolute Gasteiger partial charge is 0.480 e. The van der Waals surface area contributed by atoms with E-state index in [2.05, 4.69) is 5.32 Å². The van der Waals surface area contributed by atoms with Crippen LogP contribution in [0.15, 0.2) is 29.2 Å². The van der Waals surface area contributed by atoms with Crippen molar-refractivity contribution in [1.29, 1.82) is 0 Å². The van der Waals surface area contributed by atoms with Crippen molar-refractivity contribution in [2.75, 3.05) is 11.1 Å². The maximum Gasteiger partial charge on any atom is 0.326 e. The standard InChI is InChI=1S/C13H19NO4S/c1-3-9-19(17,18)12-8-6-5-7-11(12)14-10(4-2)13(15)16/h5-8,10,14H,3-4,9H2,1-2H3,(H,15,16). The van der Waals surface area contributed by atoms with E-state index in [9.17, 15) is 13.2 Å². The van der Waals surface area contributed by atoms with E-state index in [0.717, 1.165) is 0 Å². The second-order valence-corrected chi connectivity index (χ2v) is 6.34. The molecule has 1 unspecified atom stereocenters. The number of carbonyl (C=O) groups is 1. The van der Waals surface area contributed by atoms with Gasteiger partial charge in [-0.15, -0.1) is 0 Å². The van der Waals surface area contributed by atoms with Crippen LogP contribution in [0.25, 0.3) is 0 Å². The summed E-state index contributed by atoms with van der Waals surface area (Å²) < 4.78 is 24.2. The van der Waals surface area contributed by atoms with Gasteiger partial charge >= 0.3 is 5.97 Å². The predicted molar refractivity (Wildman–Crippen MR) is 74.1 cm³/mol. The van der Waals surface area contributed by atoms with Crippen LogP contribution in [0.1, 0.15) is 26.7 Å². The van der Waals surface area contributed by atoms with Crippen molar-refractivity contribution in [3.05, 3.63) is 24.3 Å². The number of nitrogens with one attached hydrogen (secondary N) is 1. The number of carboxylic acids is 1. The van der Waals surface area contributed by atoms with E-state index in [4.69, 9.17) is 5.11 Å². The minimum absolute atomic E-state index is 0.0511. The average Bonchev–Trinajstić information content (AvgIpc) is 2.35. The molecule has 0 bridgehead atoms. The fraction of sp³-hybridized carbons (Fsp3) is 0.462. The second-order valence-electron chi connectivity index (χ2n) is 4.26. The van der Waals surface area contributed by atoms with Gasteiger partial charge in [-0.2, -0.15) is 0 Å². The topological polar surface area (TPSA) is 83.5 Å². The van der Waals surface area contributed by atoms with Gasteiger partial charge in [0.2, 0.25) is 0 Å². The normalized spacial score (nSPS) is 12.9. The third kappa shape index (κ3) is 3.96. The molecule has 0 aliphatic rings. The van der Waals surface area contributed by atoms with Crippen LogP contribution in [0, 0.1) is 0 Å². The van der Waals surface area contributed by atoms with Gasteiger partial charge in [0.1, 0.15) is 6.04 Å². The molecule has 1 aromatic carbocycles. The molecule has 0 amide bonds. The highest BCUT2D eigenvalue weighted by Gasteiger charge is 2.21. The fourth-order valence-electron chi connectivity index (χ4n) is 1.76. The fourth-order valence-corrected chi connectivity index (χ4v) is 3.27. The molecule has 0 aliphatic carbocycles. The molecule has 0 aromatic heterocycles. The Morgan fingerprint density at radius 3 is 2.47 bits per heavy atom. The lowest BCUT2D eigenvalue weighted by molar-refractivity contribution is -0.137. The summed E-state index contributed by atoms with van der Waals surface area (Å²) in [5, 5.41) is 11.8. The van der Waals surface area contributed by atoms with Gasteiger partial charge in [0.15, 0.2) is 9.84 Å². The summed E-state index contributed by atoms with van der Waals surface area (Å²) in [7, 11) is -3.38. The molecular formula is C13H19NO4S. The molecule has 0 fully saturated rings. The minimum atomic E-state index is -3.38. The molecule has 106 valence electrons. The summed E-state index contributed by atoms with van der Waals surface area (Å²) in [5.74, 6) is -0.944. The first-order chi connectivity index (χ1) is 8.92. The van der Waals surface area contributed by atoms with Crippen LogP contribution >= 0.6 is 0 Å². The van der Waals surface area contributed by atoms with E-state index >= 15 is 0 Å². The minimum Gasteiger partial charge on any atom is -0.480 e. The van der Waals surface area contributed by atoms with E-state index in [-0.39, 0.29) is 10.6 Å². The van der Waals surface area contributed by atoms with Gasteiger partial charge in [0.05, 0.1) is 16.3 Å². The average molecular weight is 285 g/mol. The number of aliphatic carboxylic acids is 1. The van der Waals surface area contributed by atoms with Crippen molar-refractivity contribution >= 4 is 21.5 Å². The molecule has 1 rings (SSSR count). The molecule has 1 atom stereocenters. The number of benzene rings is 1. The Bertz CT molecular complexity index is 539. The Hall–Kier alpha value is -1.56. The van der Waals surface area contributed by atoms with Gasteiger partial charge in [-0.25, -0.2) is 13.2 Å². The smallest absolute Gasteiger partial charge is 0.326 e. The Morgan fingerprint density at radius 2 is 1.95 bits per heavy atom. The summed E-state index contributed by atoms with van der Waals surface area (Å²) in [6.07, 6.45) is 0.893. The zero-order valence-corrected chi connectivity index (χ0v) is 11.9. The maximum atomic E-state index is 12.1. The van der Waals surface area contributed by atoms with E-state index < -0.39 is 21.8 Å². The number of hydrogen-bond donors (Lipinski definition) is 2. The Labute approximate surface area is 113 Å². The van der Waals surface area contributed by atoms with Crippen molar-refractivity contribution in [3.8, 4) is 0 Å². The molecule has 0 spiro atoms. The lowest BCUT2D eigenvalue weighted by Crippen LogP contribution is -2.29. The van der Waals surface area contributed by atoms with Crippen LogP contribution < -0.4 is 5.32 Å². The van der Waals surface area contributed by atoms with Gasteiger partial charge < -0.3 is 10.4 Å². The number of anilines is 1. The van der Waals surface area contributed by atoms with Gasteiger partial charge in [-0.3, -0.25) is 0 Å². The molecule has 0 aliphatic heterocycles. The van der Waals surface area contributed by atoms with Crippen molar-refractivity contribution < 1.29 is 18.3 Å². The highest BCUT2D eigenvalue weighted by Crippen LogP contribution is 2.23. The zero-order chi connectivity index (χ0) is 14.5. The first-order valence-electron chi connectivity index (χ1n) is 6.23. The Morgan fingerprint density at radius 1 is 1.32 bits per heavy atom. The molecular weight excluding hydrogens is 266 g/mol. The Balaban J connectivity index is 3.13. The van der Waals surface area contributed by atoms with E-state index in [1.807, 2.05) is 0 Å². The van der Waals surface area contributed by atoms with Gasteiger partial charge in [0, 0.05) is 0 Å². The lowest BCUT2D eigenvalue weighted by Gasteiger charge is -2.16. The summed E-state index contributed by atoms with van der Waals surface area (Å²) in [4.78, 5) is 11.2. The maximum absolute atomic E-state index is 12.1. The molecule has 0 heterocycles. The zero-order valence-electron chi connectivity index (χ0n) is 11.1. The van der Waals surface area contributed by atoms with Crippen LogP contribution in [-0.2, 0) is 14.6 Å². The number of carboxylic acid groups (broad SMARTS) is 1. The van der Waals surface area contributed by atoms with Crippen LogP contribution in [0.5, 0.6) is 0 Å². The second kappa shape index (κ2) is 6.56. The number of rotatable bonds is 7. The van der Waals surface area contributed by atoms with Gasteiger partial charge in [-0.1, -0.05) is 26.0 Å². The van der Waals surface area contributed by atoms with Gasteiger partial charge in [0.25, 0.3) is 0 Å². The summed E-state index contributed by atoms with van der Waals surface area (Å²) in [6, 6.07) is 5.62. The van der Waals surface area contributed by atoms with E-state index in [1.165, 1.54) is 6.07 Å². The third-order valence-electron chi connectivity index (χ3n) is 2.73. The molecule has 0 radical (unpaired) electrons. The monoisotopic (exact) mass is 285 g/mol. The SMILES string of the molecule is CCCS(=O)(=O)c1ccccc1NC(CC)C(=O)O. The molecule has 2 N–H and O–H groups in total. The van der Waals surface area contributed by atoms with Crippen molar-refractivity contribution in [3.63, 3.8) is 0 Å². The Kier molecular flexibility index (Phi) is 5.35. The number of hydrogen-bond acceptors (Lipinski definition) is 4. The third-order valence-corrected chi connectivity index (χ3v) is 4.70. The molecule has 0 saturated heterocycles. The van der Waals surface area contributed by atoms with E-state index in [1.54, 1.807) is 32.0 Å². The predicted octanol–water partition coefficient (Wildman–Crippen LogP) is 2.15. The van der Waals surface area contributed by atoms with Crippen LogP contribution in [0.3, 0.4) is 0 Å².